The van der Waals surface area contributed by atoms with Crippen LogP contribution in [0.4, 0.5) is 11.5 Å². The molecule has 0 saturated carbocycles. The van der Waals surface area contributed by atoms with Gasteiger partial charge in [-0.3, -0.25) is 4.98 Å². The standard InChI is InChI=1S/C17H18N4O/c1-21(2)11-12-9-13(7-8-16(12)22)19-17-10-18-14-5-3-4-6-15(14)20-17/h3-10,22H,11H2,1-2H3,(H,19,20). The summed E-state index contributed by atoms with van der Waals surface area (Å²) >= 11 is 0. The second kappa shape index (κ2) is 5.99. The summed E-state index contributed by atoms with van der Waals surface area (Å²) in [5.74, 6) is 0.976. The molecule has 0 atom stereocenters. The van der Waals surface area contributed by atoms with Crippen LogP contribution >= 0.6 is 0 Å². The molecule has 5 nitrogen and oxygen atoms in total. The van der Waals surface area contributed by atoms with E-state index >= 15 is 0 Å². The largest absolute Gasteiger partial charge is 0.508 e. The fraction of sp³-hybridized carbons (Fsp3) is 0.176. The molecule has 5 heteroatoms. The van der Waals surface area contributed by atoms with Crippen molar-refractivity contribution in [2.45, 2.75) is 6.54 Å². The zero-order valence-corrected chi connectivity index (χ0v) is 12.6. The highest BCUT2D eigenvalue weighted by molar-refractivity contribution is 5.76. The summed E-state index contributed by atoms with van der Waals surface area (Å²) in [6.07, 6.45) is 1.71. The van der Waals surface area contributed by atoms with Crippen LogP contribution in [0.5, 0.6) is 5.75 Å². The monoisotopic (exact) mass is 294 g/mol. The van der Waals surface area contributed by atoms with Gasteiger partial charge >= 0.3 is 0 Å². The Bertz CT molecular complexity index is 802. The van der Waals surface area contributed by atoms with E-state index in [1.807, 2.05) is 55.4 Å². The summed E-state index contributed by atoms with van der Waals surface area (Å²) in [5.41, 5.74) is 3.45. The van der Waals surface area contributed by atoms with Gasteiger partial charge in [-0.1, -0.05) is 12.1 Å². The molecule has 0 aliphatic heterocycles. The average Bonchev–Trinajstić information content (AvgIpc) is 2.50. The lowest BCUT2D eigenvalue weighted by molar-refractivity contribution is 0.386. The van der Waals surface area contributed by atoms with Gasteiger partial charge in [0.25, 0.3) is 0 Å². The molecule has 0 spiro atoms. The van der Waals surface area contributed by atoms with E-state index in [1.54, 1.807) is 12.3 Å². The van der Waals surface area contributed by atoms with Crippen molar-refractivity contribution < 1.29 is 5.11 Å². The van der Waals surface area contributed by atoms with Crippen LogP contribution in [-0.4, -0.2) is 34.1 Å². The number of fused-ring (bicyclic) bond motifs is 1. The summed E-state index contributed by atoms with van der Waals surface area (Å²) in [7, 11) is 3.93. The number of para-hydroxylation sites is 2. The van der Waals surface area contributed by atoms with Crippen LogP contribution in [0.3, 0.4) is 0 Å². The van der Waals surface area contributed by atoms with Gasteiger partial charge in [0, 0.05) is 17.8 Å². The summed E-state index contributed by atoms with van der Waals surface area (Å²) in [6.45, 7) is 0.671. The first kappa shape index (κ1) is 14.3. The van der Waals surface area contributed by atoms with Crippen molar-refractivity contribution in [2.24, 2.45) is 0 Å². The van der Waals surface area contributed by atoms with E-state index in [4.69, 9.17) is 0 Å². The van der Waals surface area contributed by atoms with Gasteiger partial charge in [0.1, 0.15) is 11.6 Å². The van der Waals surface area contributed by atoms with Gasteiger partial charge in [-0.15, -0.1) is 0 Å². The number of nitrogens with zero attached hydrogens (tertiary/aromatic N) is 3. The van der Waals surface area contributed by atoms with Gasteiger partial charge in [-0.2, -0.15) is 0 Å². The van der Waals surface area contributed by atoms with Crippen LogP contribution in [0.15, 0.2) is 48.7 Å². The summed E-state index contributed by atoms with van der Waals surface area (Å²) in [5, 5.41) is 13.1. The van der Waals surface area contributed by atoms with Crippen molar-refractivity contribution in [3.05, 3.63) is 54.2 Å². The lowest BCUT2D eigenvalue weighted by atomic mass is 10.1. The number of anilines is 2. The molecule has 2 aromatic carbocycles. The van der Waals surface area contributed by atoms with E-state index in [0.717, 1.165) is 22.3 Å². The normalized spacial score (nSPS) is 11.0. The van der Waals surface area contributed by atoms with Crippen molar-refractivity contribution in [1.29, 1.82) is 0 Å². The first-order valence-corrected chi connectivity index (χ1v) is 7.07. The van der Waals surface area contributed by atoms with Gasteiger partial charge in [0.2, 0.25) is 0 Å². The molecule has 0 amide bonds. The maximum absolute atomic E-state index is 9.91. The van der Waals surface area contributed by atoms with Crippen LogP contribution in [0.2, 0.25) is 0 Å². The lowest BCUT2D eigenvalue weighted by Crippen LogP contribution is -2.11. The Balaban J connectivity index is 1.87. The number of aromatic hydroxyl groups is 1. The molecule has 0 saturated heterocycles. The number of rotatable bonds is 4. The highest BCUT2D eigenvalue weighted by atomic mass is 16.3. The number of phenolic OH excluding ortho intramolecular Hbond substituents is 1. The second-order valence-electron chi connectivity index (χ2n) is 5.45. The summed E-state index contributed by atoms with van der Waals surface area (Å²) < 4.78 is 0. The molecule has 112 valence electrons. The molecular formula is C17H18N4O. The van der Waals surface area contributed by atoms with E-state index in [0.29, 0.717) is 18.1 Å². The van der Waals surface area contributed by atoms with Crippen LogP contribution in [0, 0.1) is 0 Å². The molecule has 0 bridgehead atoms. The molecule has 0 fully saturated rings. The molecule has 0 aliphatic carbocycles. The van der Waals surface area contributed by atoms with E-state index in [2.05, 4.69) is 15.3 Å². The Morgan fingerprint density at radius 2 is 1.86 bits per heavy atom. The fourth-order valence-electron chi connectivity index (χ4n) is 2.30. The van der Waals surface area contributed by atoms with Crippen molar-refractivity contribution in [3.63, 3.8) is 0 Å². The van der Waals surface area contributed by atoms with Crippen molar-refractivity contribution in [1.82, 2.24) is 14.9 Å². The molecule has 3 rings (SSSR count). The Hall–Kier alpha value is -2.66. The number of nitrogens with one attached hydrogen (secondary N) is 1. The number of phenols is 1. The third kappa shape index (κ3) is 3.15. The lowest BCUT2D eigenvalue weighted by Gasteiger charge is -2.13. The van der Waals surface area contributed by atoms with E-state index < -0.39 is 0 Å². The maximum Gasteiger partial charge on any atom is 0.149 e. The highest BCUT2D eigenvalue weighted by Crippen LogP contribution is 2.24. The number of hydrogen-bond acceptors (Lipinski definition) is 5. The van der Waals surface area contributed by atoms with Gasteiger partial charge in [-0.05, 0) is 44.4 Å². The molecule has 1 aromatic heterocycles. The van der Waals surface area contributed by atoms with Crippen LogP contribution < -0.4 is 5.32 Å². The Morgan fingerprint density at radius 3 is 2.64 bits per heavy atom. The predicted molar refractivity (Wildman–Crippen MR) is 88.3 cm³/mol. The molecule has 2 N–H and O–H groups in total. The molecule has 3 aromatic rings. The summed E-state index contributed by atoms with van der Waals surface area (Å²) in [6, 6.07) is 13.2. The van der Waals surface area contributed by atoms with E-state index in [9.17, 15) is 5.11 Å². The smallest absolute Gasteiger partial charge is 0.149 e. The molecule has 0 unspecified atom stereocenters. The first-order valence-electron chi connectivity index (χ1n) is 7.07. The van der Waals surface area contributed by atoms with E-state index in [1.165, 1.54) is 0 Å². The quantitative estimate of drug-likeness (QED) is 0.724. The van der Waals surface area contributed by atoms with Crippen molar-refractivity contribution in [2.75, 3.05) is 19.4 Å². The second-order valence-corrected chi connectivity index (χ2v) is 5.45. The highest BCUT2D eigenvalue weighted by Gasteiger charge is 2.06. The Morgan fingerprint density at radius 1 is 1.09 bits per heavy atom. The van der Waals surface area contributed by atoms with Crippen LogP contribution in [0.1, 0.15) is 5.56 Å². The minimum Gasteiger partial charge on any atom is -0.508 e. The zero-order valence-electron chi connectivity index (χ0n) is 12.6. The first-order chi connectivity index (χ1) is 10.6. The molecule has 1 heterocycles. The Labute approximate surface area is 129 Å². The minimum absolute atomic E-state index is 0.295. The van der Waals surface area contributed by atoms with Gasteiger partial charge in [-0.25, -0.2) is 4.98 Å². The number of aromatic nitrogens is 2. The number of benzene rings is 2. The third-order valence-electron chi connectivity index (χ3n) is 3.29. The molecule has 0 radical (unpaired) electrons. The van der Waals surface area contributed by atoms with Gasteiger partial charge < -0.3 is 15.3 Å². The van der Waals surface area contributed by atoms with Crippen molar-refractivity contribution >= 4 is 22.5 Å². The minimum atomic E-state index is 0.295. The summed E-state index contributed by atoms with van der Waals surface area (Å²) in [4.78, 5) is 10.9. The van der Waals surface area contributed by atoms with E-state index in [-0.39, 0.29) is 0 Å². The molecule has 22 heavy (non-hydrogen) atoms. The molecular weight excluding hydrogens is 276 g/mol. The molecule has 0 aliphatic rings. The van der Waals surface area contributed by atoms with Gasteiger partial charge in [0.15, 0.2) is 0 Å². The predicted octanol–water partition coefficient (Wildman–Crippen LogP) is 3.14. The topological polar surface area (TPSA) is 61.3 Å². The van der Waals surface area contributed by atoms with Crippen molar-refractivity contribution in [3.8, 4) is 5.75 Å². The van der Waals surface area contributed by atoms with Gasteiger partial charge in [0.05, 0.1) is 17.2 Å². The van der Waals surface area contributed by atoms with Crippen LogP contribution in [0.25, 0.3) is 11.0 Å². The average molecular weight is 294 g/mol. The maximum atomic E-state index is 9.91. The fourth-order valence-corrected chi connectivity index (χ4v) is 2.30. The Kier molecular flexibility index (Phi) is 3.89. The SMILES string of the molecule is CN(C)Cc1cc(Nc2cnc3ccccc3n2)ccc1O. The zero-order chi connectivity index (χ0) is 15.5. The number of hydrogen-bond donors (Lipinski definition) is 2. The third-order valence-corrected chi connectivity index (χ3v) is 3.29. The van der Waals surface area contributed by atoms with Crippen LogP contribution in [-0.2, 0) is 6.54 Å².